The van der Waals surface area contributed by atoms with Crippen LogP contribution in [0, 0.1) is 23.7 Å². The average Bonchev–Trinajstić information content (AvgIpc) is 2.66. The van der Waals surface area contributed by atoms with Crippen molar-refractivity contribution in [3.8, 4) is 5.75 Å². The van der Waals surface area contributed by atoms with Crippen LogP contribution in [0.4, 0.5) is 0 Å². The Balaban J connectivity index is 1.16. The molecular formula is C25H38NO2+. The summed E-state index contributed by atoms with van der Waals surface area (Å²) in [6.07, 6.45) is 11.0. The Bertz CT molecular complexity index is 634. The molecule has 1 unspecified atom stereocenters. The summed E-state index contributed by atoms with van der Waals surface area (Å²) in [4.78, 5) is 1.53. The molecule has 154 valence electrons. The molecule has 4 aliphatic carbocycles. The molecule has 2 N–H and O–H groups in total. The fourth-order valence-electron chi connectivity index (χ4n) is 7.54. The van der Waals surface area contributed by atoms with Crippen molar-refractivity contribution in [1.82, 2.24) is 0 Å². The van der Waals surface area contributed by atoms with E-state index in [0.29, 0.717) is 12.0 Å². The van der Waals surface area contributed by atoms with Crippen LogP contribution < -0.4 is 9.64 Å². The highest BCUT2D eigenvalue weighted by Crippen LogP contribution is 2.60. The van der Waals surface area contributed by atoms with E-state index in [0.717, 1.165) is 36.0 Å². The lowest BCUT2D eigenvalue weighted by molar-refractivity contribution is -0.911. The molecule has 3 nitrogen and oxygen atoms in total. The quantitative estimate of drug-likeness (QED) is 0.790. The predicted molar refractivity (Wildman–Crippen MR) is 112 cm³/mol. The smallest absolute Gasteiger partial charge is 0.137 e. The Morgan fingerprint density at radius 1 is 1.07 bits per heavy atom. The molecule has 0 amide bonds. The van der Waals surface area contributed by atoms with Gasteiger partial charge in [0.15, 0.2) is 0 Å². The summed E-state index contributed by atoms with van der Waals surface area (Å²) >= 11 is 0. The molecular weight excluding hydrogens is 346 g/mol. The van der Waals surface area contributed by atoms with E-state index in [1.165, 1.54) is 69.4 Å². The second kappa shape index (κ2) is 7.65. The molecule has 0 aromatic heterocycles. The number of piperidine rings is 1. The first-order chi connectivity index (χ1) is 13.6. The Labute approximate surface area is 170 Å². The predicted octanol–water partition coefficient (Wildman–Crippen LogP) is 3.21. The summed E-state index contributed by atoms with van der Waals surface area (Å²) in [6.45, 7) is 5.94. The van der Waals surface area contributed by atoms with Crippen LogP contribution in [0.15, 0.2) is 24.3 Å². The van der Waals surface area contributed by atoms with E-state index < -0.39 is 0 Å². The number of hydrogen-bond acceptors (Lipinski definition) is 2. The van der Waals surface area contributed by atoms with E-state index in [1.54, 1.807) is 5.56 Å². The first-order valence-corrected chi connectivity index (χ1v) is 11.8. The fraction of sp³-hybridized carbons (Fsp3) is 0.760. The van der Waals surface area contributed by atoms with Crippen molar-refractivity contribution >= 4 is 0 Å². The standard InChI is InChI=1S/C25H37NO2/c1-18-3-2-8-26(15-18)16-23(27)17-28-24-6-4-22(5-7-24)25-12-19-9-20(13-25)11-21(10-19)14-25/h4-7,18-21,23,27H,2-3,8-17H2,1H3/p+1/t18-,19?,20?,21?,23+,25?/m1/s1. The lowest BCUT2D eigenvalue weighted by atomic mass is 9.48. The Morgan fingerprint density at radius 2 is 1.71 bits per heavy atom. The highest BCUT2D eigenvalue weighted by Gasteiger charge is 2.51. The highest BCUT2D eigenvalue weighted by atomic mass is 16.5. The minimum Gasteiger partial charge on any atom is -0.491 e. The zero-order chi connectivity index (χ0) is 19.1. The molecule has 4 bridgehead atoms. The van der Waals surface area contributed by atoms with Gasteiger partial charge < -0.3 is 14.7 Å². The molecule has 1 aromatic rings. The summed E-state index contributed by atoms with van der Waals surface area (Å²) in [6, 6.07) is 8.95. The molecule has 28 heavy (non-hydrogen) atoms. The first-order valence-electron chi connectivity index (χ1n) is 11.8. The van der Waals surface area contributed by atoms with Crippen LogP contribution in [0.1, 0.15) is 63.9 Å². The zero-order valence-electron chi connectivity index (χ0n) is 17.5. The lowest BCUT2D eigenvalue weighted by Crippen LogP contribution is -3.14. The summed E-state index contributed by atoms with van der Waals surface area (Å²) in [5, 5.41) is 10.4. The first kappa shape index (κ1) is 18.9. The minimum absolute atomic E-state index is 0.372. The van der Waals surface area contributed by atoms with Crippen molar-refractivity contribution in [2.75, 3.05) is 26.2 Å². The van der Waals surface area contributed by atoms with Gasteiger partial charge in [-0.25, -0.2) is 0 Å². The topological polar surface area (TPSA) is 33.9 Å². The van der Waals surface area contributed by atoms with Gasteiger partial charge in [0.2, 0.25) is 0 Å². The third kappa shape index (κ3) is 3.85. The molecule has 5 aliphatic rings. The van der Waals surface area contributed by atoms with Gasteiger partial charge in [0.25, 0.3) is 0 Å². The maximum Gasteiger partial charge on any atom is 0.137 e. The Hall–Kier alpha value is -1.06. The van der Waals surface area contributed by atoms with Gasteiger partial charge in [-0.15, -0.1) is 0 Å². The molecule has 1 saturated heterocycles. The van der Waals surface area contributed by atoms with Crippen molar-refractivity contribution in [1.29, 1.82) is 0 Å². The van der Waals surface area contributed by atoms with Gasteiger partial charge in [-0.05, 0) is 92.2 Å². The van der Waals surface area contributed by atoms with Gasteiger partial charge in [0.1, 0.15) is 25.0 Å². The number of quaternary nitrogens is 1. The van der Waals surface area contributed by atoms with Gasteiger partial charge in [0.05, 0.1) is 13.1 Å². The van der Waals surface area contributed by atoms with Crippen LogP contribution in [0.3, 0.4) is 0 Å². The molecule has 1 heterocycles. The number of likely N-dealkylation sites (tertiary alicyclic amines) is 1. The molecule has 1 aromatic carbocycles. The minimum atomic E-state index is -0.372. The summed E-state index contributed by atoms with van der Waals surface area (Å²) in [5.74, 6) is 4.65. The van der Waals surface area contributed by atoms with Gasteiger partial charge in [-0.3, -0.25) is 0 Å². The van der Waals surface area contributed by atoms with Crippen molar-refractivity contribution < 1.29 is 14.7 Å². The van der Waals surface area contributed by atoms with Crippen molar-refractivity contribution in [3.63, 3.8) is 0 Å². The third-order valence-electron chi connectivity index (χ3n) is 8.34. The van der Waals surface area contributed by atoms with Crippen LogP contribution in [0.2, 0.25) is 0 Å². The number of aliphatic hydroxyl groups excluding tert-OH is 1. The highest BCUT2D eigenvalue weighted by molar-refractivity contribution is 5.34. The van der Waals surface area contributed by atoms with Crippen LogP contribution in [0.25, 0.3) is 0 Å². The molecule has 6 rings (SSSR count). The summed E-state index contributed by atoms with van der Waals surface area (Å²) in [7, 11) is 0. The summed E-state index contributed by atoms with van der Waals surface area (Å²) < 4.78 is 5.95. The van der Waals surface area contributed by atoms with Gasteiger partial charge in [-0.2, -0.15) is 0 Å². The second-order valence-electron chi connectivity index (χ2n) is 10.8. The van der Waals surface area contributed by atoms with Crippen LogP contribution >= 0.6 is 0 Å². The molecule has 4 saturated carbocycles. The largest absolute Gasteiger partial charge is 0.491 e. The average molecular weight is 385 g/mol. The second-order valence-corrected chi connectivity index (χ2v) is 10.8. The normalized spacial score (nSPS) is 40.4. The number of nitrogens with one attached hydrogen (secondary N) is 1. The van der Waals surface area contributed by atoms with Crippen molar-refractivity contribution in [2.45, 2.75) is 69.8 Å². The molecule has 0 spiro atoms. The number of aliphatic hydroxyl groups is 1. The van der Waals surface area contributed by atoms with E-state index in [4.69, 9.17) is 4.74 Å². The van der Waals surface area contributed by atoms with E-state index in [9.17, 15) is 5.11 Å². The number of ether oxygens (including phenoxy) is 1. The fourth-order valence-corrected chi connectivity index (χ4v) is 7.54. The number of rotatable bonds is 6. The van der Waals surface area contributed by atoms with Crippen molar-refractivity contribution in [3.05, 3.63) is 29.8 Å². The van der Waals surface area contributed by atoms with E-state index >= 15 is 0 Å². The van der Waals surface area contributed by atoms with Crippen LogP contribution in [-0.4, -0.2) is 37.5 Å². The number of hydrogen-bond donors (Lipinski definition) is 2. The molecule has 1 aliphatic heterocycles. The van der Waals surface area contributed by atoms with E-state index in [-0.39, 0.29) is 6.10 Å². The molecule has 3 atom stereocenters. The van der Waals surface area contributed by atoms with E-state index in [1.807, 2.05) is 0 Å². The van der Waals surface area contributed by atoms with Crippen LogP contribution in [-0.2, 0) is 5.41 Å². The number of benzene rings is 1. The maximum atomic E-state index is 10.4. The SMILES string of the molecule is C[C@@H]1CCC[NH+](C[C@H](O)COc2ccc(C34CC5CC(CC(C5)C3)C4)cc2)C1. The molecule has 0 radical (unpaired) electrons. The maximum absolute atomic E-state index is 10.4. The lowest BCUT2D eigenvalue weighted by Gasteiger charge is -2.57. The van der Waals surface area contributed by atoms with Crippen LogP contribution in [0.5, 0.6) is 5.75 Å². The van der Waals surface area contributed by atoms with Gasteiger partial charge in [0, 0.05) is 5.92 Å². The summed E-state index contributed by atoms with van der Waals surface area (Å²) in [5.41, 5.74) is 2.01. The van der Waals surface area contributed by atoms with Gasteiger partial charge >= 0.3 is 0 Å². The monoisotopic (exact) mass is 384 g/mol. The molecule has 5 fully saturated rings. The van der Waals surface area contributed by atoms with Gasteiger partial charge in [-0.1, -0.05) is 19.1 Å². The van der Waals surface area contributed by atoms with Crippen molar-refractivity contribution in [2.24, 2.45) is 23.7 Å². The molecule has 3 heteroatoms. The Kier molecular flexibility index (Phi) is 5.17. The third-order valence-corrected chi connectivity index (χ3v) is 8.34. The Morgan fingerprint density at radius 3 is 2.32 bits per heavy atom. The zero-order valence-corrected chi connectivity index (χ0v) is 17.5. The van der Waals surface area contributed by atoms with E-state index in [2.05, 4.69) is 31.2 Å².